The SMILES string of the molecule is COc1ccc(C(O)CC2CN(C)CCN2C)cc1OC. The standard InChI is InChI=1S/C16H26N2O3/c1-17-7-8-18(2)13(11-17)10-14(19)12-5-6-15(20-3)16(9-12)21-4/h5-6,9,13-14,19H,7-8,10-11H2,1-4H3. The van der Waals surface area contributed by atoms with Crippen molar-refractivity contribution in [1.29, 1.82) is 0 Å². The molecule has 1 saturated heterocycles. The molecule has 2 unspecified atom stereocenters. The first-order valence-corrected chi connectivity index (χ1v) is 7.34. The summed E-state index contributed by atoms with van der Waals surface area (Å²) in [7, 11) is 7.47. The van der Waals surface area contributed by atoms with Crippen LogP contribution in [0, 0.1) is 0 Å². The van der Waals surface area contributed by atoms with Crippen molar-refractivity contribution >= 4 is 0 Å². The van der Waals surface area contributed by atoms with E-state index in [2.05, 4.69) is 23.9 Å². The van der Waals surface area contributed by atoms with E-state index in [1.54, 1.807) is 14.2 Å². The van der Waals surface area contributed by atoms with Crippen LogP contribution in [-0.2, 0) is 0 Å². The number of methoxy groups -OCH3 is 2. The summed E-state index contributed by atoms with van der Waals surface area (Å²) in [5, 5.41) is 10.5. The minimum Gasteiger partial charge on any atom is -0.493 e. The van der Waals surface area contributed by atoms with Crippen LogP contribution in [0.25, 0.3) is 0 Å². The number of aliphatic hydroxyl groups excluding tert-OH is 1. The first kappa shape index (κ1) is 16.1. The van der Waals surface area contributed by atoms with Gasteiger partial charge in [-0.2, -0.15) is 0 Å². The molecule has 0 aliphatic carbocycles. The van der Waals surface area contributed by atoms with Crippen molar-refractivity contribution in [2.75, 3.05) is 47.9 Å². The molecule has 1 aromatic rings. The van der Waals surface area contributed by atoms with Crippen LogP contribution in [0.5, 0.6) is 11.5 Å². The summed E-state index contributed by atoms with van der Waals surface area (Å²) in [6.45, 7) is 3.11. The van der Waals surface area contributed by atoms with Crippen LogP contribution >= 0.6 is 0 Å². The predicted molar refractivity (Wildman–Crippen MR) is 83.0 cm³/mol. The number of aliphatic hydroxyl groups is 1. The first-order valence-electron chi connectivity index (χ1n) is 7.34. The summed E-state index contributed by atoms with van der Waals surface area (Å²) in [6, 6.07) is 5.97. The number of hydrogen-bond acceptors (Lipinski definition) is 5. The molecular formula is C16H26N2O3. The van der Waals surface area contributed by atoms with Crippen LogP contribution < -0.4 is 9.47 Å². The van der Waals surface area contributed by atoms with Gasteiger partial charge in [-0.05, 0) is 38.2 Å². The maximum absolute atomic E-state index is 10.5. The number of piperazine rings is 1. The molecule has 1 N–H and O–H groups in total. The molecule has 0 aromatic heterocycles. The van der Waals surface area contributed by atoms with E-state index in [-0.39, 0.29) is 0 Å². The molecular weight excluding hydrogens is 268 g/mol. The van der Waals surface area contributed by atoms with Gasteiger partial charge in [0.2, 0.25) is 0 Å². The Kier molecular flexibility index (Phi) is 5.45. The zero-order valence-electron chi connectivity index (χ0n) is 13.4. The second-order valence-corrected chi connectivity index (χ2v) is 5.76. The summed E-state index contributed by atoms with van der Waals surface area (Å²) >= 11 is 0. The van der Waals surface area contributed by atoms with Crippen molar-refractivity contribution in [2.45, 2.75) is 18.6 Å². The van der Waals surface area contributed by atoms with Crippen molar-refractivity contribution in [1.82, 2.24) is 9.80 Å². The van der Waals surface area contributed by atoms with Gasteiger partial charge in [0, 0.05) is 25.7 Å². The van der Waals surface area contributed by atoms with E-state index in [4.69, 9.17) is 9.47 Å². The molecule has 0 spiro atoms. The van der Waals surface area contributed by atoms with Crippen molar-refractivity contribution < 1.29 is 14.6 Å². The van der Waals surface area contributed by atoms with Gasteiger partial charge < -0.3 is 24.4 Å². The third kappa shape index (κ3) is 3.87. The van der Waals surface area contributed by atoms with Gasteiger partial charge in [0.25, 0.3) is 0 Å². The fourth-order valence-corrected chi connectivity index (χ4v) is 2.81. The molecule has 0 radical (unpaired) electrons. The monoisotopic (exact) mass is 294 g/mol. The molecule has 1 aromatic carbocycles. The molecule has 1 fully saturated rings. The van der Waals surface area contributed by atoms with Gasteiger partial charge in [0.15, 0.2) is 11.5 Å². The number of nitrogens with zero attached hydrogens (tertiary/aromatic N) is 2. The second kappa shape index (κ2) is 7.11. The number of hydrogen-bond donors (Lipinski definition) is 1. The van der Waals surface area contributed by atoms with Gasteiger partial charge in [-0.25, -0.2) is 0 Å². The molecule has 5 nitrogen and oxygen atoms in total. The highest BCUT2D eigenvalue weighted by atomic mass is 16.5. The Morgan fingerprint density at radius 2 is 1.90 bits per heavy atom. The number of ether oxygens (including phenoxy) is 2. The Bertz CT molecular complexity index is 467. The Hall–Kier alpha value is -1.30. The van der Waals surface area contributed by atoms with Crippen molar-refractivity contribution in [3.8, 4) is 11.5 Å². The minimum atomic E-state index is -0.497. The molecule has 1 aliphatic heterocycles. The van der Waals surface area contributed by atoms with Crippen LogP contribution in [0.15, 0.2) is 18.2 Å². The second-order valence-electron chi connectivity index (χ2n) is 5.76. The molecule has 118 valence electrons. The van der Waals surface area contributed by atoms with Gasteiger partial charge >= 0.3 is 0 Å². The maximum Gasteiger partial charge on any atom is 0.161 e. The minimum absolute atomic E-state index is 0.367. The van der Waals surface area contributed by atoms with Gasteiger partial charge in [-0.15, -0.1) is 0 Å². The van der Waals surface area contributed by atoms with Gasteiger partial charge in [0.05, 0.1) is 20.3 Å². The Balaban J connectivity index is 2.07. The van der Waals surface area contributed by atoms with Crippen molar-refractivity contribution in [2.24, 2.45) is 0 Å². The highest BCUT2D eigenvalue weighted by Crippen LogP contribution is 2.31. The Labute approximate surface area is 127 Å². The van der Waals surface area contributed by atoms with E-state index >= 15 is 0 Å². The first-order chi connectivity index (χ1) is 10.0. The van der Waals surface area contributed by atoms with Crippen LogP contribution in [0.3, 0.4) is 0 Å². The fourth-order valence-electron chi connectivity index (χ4n) is 2.81. The summed E-state index contributed by atoms with van der Waals surface area (Å²) in [5.41, 5.74) is 0.870. The average Bonchev–Trinajstić information content (AvgIpc) is 2.50. The molecule has 2 atom stereocenters. The lowest BCUT2D eigenvalue weighted by atomic mass is 9.99. The third-order valence-corrected chi connectivity index (χ3v) is 4.27. The summed E-state index contributed by atoms with van der Waals surface area (Å²) in [6.07, 6.45) is 0.222. The molecule has 0 bridgehead atoms. The van der Waals surface area contributed by atoms with E-state index in [9.17, 15) is 5.11 Å². The summed E-state index contributed by atoms with van der Waals surface area (Å²) in [5.74, 6) is 1.34. The molecule has 0 amide bonds. The van der Waals surface area contributed by atoms with Crippen LogP contribution in [-0.4, -0.2) is 68.9 Å². The topological polar surface area (TPSA) is 45.2 Å². The molecule has 5 heteroatoms. The van der Waals surface area contributed by atoms with E-state index in [1.807, 2.05) is 18.2 Å². The van der Waals surface area contributed by atoms with E-state index in [0.29, 0.717) is 17.5 Å². The zero-order chi connectivity index (χ0) is 15.4. The number of rotatable bonds is 5. The molecule has 0 saturated carbocycles. The molecule has 21 heavy (non-hydrogen) atoms. The van der Waals surface area contributed by atoms with Crippen molar-refractivity contribution in [3.05, 3.63) is 23.8 Å². The predicted octanol–water partition coefficient (Wildman–Crippen LogP) is 1.37. The quantitative estimate of drug-likeness (QED) is 0.889. The van der Waals surface area contributed by atoms with E-state index in [0.717, 1.165) is 31.6 Å². The Morgan fingerprint density at radius 1 is 1.19 bits per heavy atom. The normalized spacial score (nSPS) is 22.0. The third-order valence-electron chi connectivity index (χ3n) is 4.27. The lowest BCUT2D eigenvalue weighted by Gasteiger charge is -2.38. The molecule has 1 aliphatic rings. The summed E-state index contributed by atoms with van der Waals surface area (Å²) < 4.78 is 10.5. The van der Waals surface area contributed by atoms with Crippen LogP contribution in [0.2, 0.25) is 0 Å². The highest BCUT2D eigenvalue weighted by Gasteiger charge is 2.25. The van der Waals surface area contributed by atoms with Gasteiger partial charge in [-0.3, -0.25) is 0 Å². The molecule has 1 heterocycles. The van der Waals surface area contributed by atoms with Crippen molar-refractivity contribution in [3.63, 3.8) is 0 Å². The Morgan fingerprint density at radius 3 is 2.57 bits per heavy atom. The lowest BCUT2D eigenvalue weighted by molar-refractivity contribution is 0.0634. The number of benzene rings is 1. The maximum atomic E-state index is 10.5. The van der Waals surface area contributed by atoms with E-state index < -0.39 is 6.10 Å². The highest BCUT2D eigenvalue weighted by molar-refractivity contribution is 5.43. The fraction of sp³-hybridized carbons (Fsp3) is 0.625. The van der Waals surface area contributed by atoms with Gasteiger partial charge in [0.1, 0.15) is 0 Å². The smallest absolute Gasteiger partial charge is 0.161 e. The zero-order valence-corrected chi connectivity index (χ0v) is 13.4. The average molecular weight is 294 g/mol. The number of likely N-dealkylation sites (N-methyl/N-ethyl adjacent to an activating group) is 2. The largest absolute Gasteiger partial charge is 0.493 e. The summed E-state index contributed by atoms with van der Waals surface area (Å²) in [4.78, 5) is 4.63. The van der Waals surface area contributed by atoms with Crippen LogP contribution in [0.1, 0.15) is 18.1 Å². The lowest BCUT2D eigenvalue weighted by Crippen LogP contribution is -2.50. The van der Waals surface area contributed by atoms with E-state index in [1.165, 1.54) is 0 Å². The van der Waals surface area contributed by atoms with Crippen LogP contribution in [0.4, 0.5) is 0 Å². The van der Waals surface area contributed by atoms with Gasteiger partial charge in [-0.1, -0.05) is 6.07 Å². The molecule has 2 rings (SSSR count).